The summed E-state index contributed by atoms with van der Waals surface area (Å²) in [6.07, 6.45) is 2.32. The Hall–Kier alpha value is -3.98. The lowest BCUT2D eigenvalue weighted by Gasteiger charge is -2.25. The molecule has 1 saturated heterocycles. The highest BCUT2D eigenvalue weighted by Crippen LogP contribution is 2.41. The maximum Gasteiger partial charge on any atom is 0.338 e. The number of aryl methyl sites for hydroxylation is 1. The van der Waals surface area contributed by atoms with Gasteiger partial charge in [-0.2, -0.15) is 4.98 Å². The van der Waals surface area contributed by atoms with Crippen LogP contribution in [0.3, 0.4) is 0 Å². The van der Waals surface area contributed by atoms with E-state index >= 15 is 0 Å². The third-order valence-electron chi connectivity index (χ3n) is 6.48. The number of fused-ring (bicyclic) bond motifs is 1. The van der Waals surface area contributed by atoms with Crippen molar-refractivity contribution in [2.75, 3.05) is 5.73 Å². The van der Waals surface area contributed by atoms with Crippen LogP contribution >= 0.6 is 0 Å². The van der Waals surface area contributed by atoms with Crippen molar-refractivity contribution in [1.29, 1.82) is 0 Å². The van der Waals surface area contributed by atoms with Gasteiger partial charge < -0.3 is 15.2 Å². The molecule has 5 rings (SSSR count). The van der Waals surface area contributed by atoms with Gasteiger partial charge in [0, 0.05) is 5.92 Å². The first kappa shape index (κ1) is 22.8. The molecule has 0 saturated carbocycles. The first-order valence-electron chi connectivity index (χ1n) is 11.7. The summed E-state index contributed by atoms with van der Waals surface area (Å²) < 4.78 is 14.2. The molecular formula is C26H27N5O4. The molecule has 1 aliphatic rings. The minimum atomic E-state index is -0.702. The first-order chi connectivity index (χ1) is 17.0. The Balaban J connectivity index is 1.52. The standard InChI is InChI=1S/C26H27N5O4/c1-2-19-18(14-13-16-9-5-3-6-10-16)21(35-25(33)17-11-7-4-8-12-17)24(34-19)31-15-28-20-22(31)29-26(27)30-23(20)32/h3-12,15,18-19,21,24H,2,13-14H2,1H3,(H3,27,29,30,32)/t18?,19-,21+,24-/m1/s1. The number of aromatic amines is 1. The van der Waals surface area contributed by atoms with E-state index in [0.717, 1.165) is 19.3 Å². The molecule has 4 atom stereocenters. The van der Waals surface area contributed by atoms with Crippen molar-refractivity contribution >= 4 is 23.1 Å². The average Bonchev–Trinajstić information content (AvgIpc) is 3.45. The van der Waals surface area contributed by atoms with Crippen LogP contribution in [0.5, 0.6) is 0 Å². The largest absolute Gasteiger partial charge is 0.454 e. The highest BCUT2D eigenvalue weighted by molar-refractivity contribution is 5.89. The maximum absolute atomic E-state index is 13.1. The van der Waals surface area contributed by atoms with E-state index in [4.69, 9.17) is 15.2 Å². The van der Waals surface area contributed by atoms with Crippen molar-refractivity contribution in [3.05, 3.63) is 88.5 Å². The van der Waals surface area contributed by atoms with Crippen LogP contribution in [0.1, 0.15) is 41.9 Å². The Labute approximate surface area is 201 Å². The molecule has 3 N–H and O–H groups in total. The van der Waals surface area contributed by atoms with E-state index in [2.05, 4.69) is 27.1 Å². The molecule has 9 heteroatoms. The number of aromatic nitrogens is 4. The third kappa shape index (κ3) is 4.54. The van der Waals surface area contributed by atoms with Crippen molar-refractivity contribution < 1.29 is 14.3 Å². The lowest BCUT2D eigenvalue weighted by molar-refractivity contribution is -0.0470. The second-order valence-electron chi connectivity index (χ2n) is 8.67. The SMILES string of the molecule is CC[C@H]1O[C@@H](n2cnc3c(=O)[nH]c(N)nc32)[C@@H](OC(=O)c2ccccc2)C1CCc1ccccc1. The number of hydrogen-bond acceptors (Lipinski definition) is 7. The van der Waals surface area contributed by atoms with E-state index in [9.17, 15) is 9.59 Å². The average molecular weight is 474 g/mol. The van der Waals surface area contributed by atoms with E-state index < -0.39 is 23.9 Å². The lowest BCUT2D eigenvalue weighted by atomic mass is 9.89. The topological polar surface area (TPSA) is 125 Å². The molecule has 2 aromatic carbocycles. The van der Waals surface area contributed by atoms with Crippen LogP contribution < -0.4 is 11.3 Å². The van der Waals surface area contributed by atoms with Gasteiger partial charge in [-0.05, 0) is 37.0 Å². The fourth-order valence-corrected chi connectivity index (χ4v) is 4.77. The number of nitrogen functional groups attached to an aromatic ring is 1. The summed E-state index contributed by atoms with van der Waals surface area (Å²) in [4.78, 5) is 36.4. The van der Waals surface area contributed by atoms with E-state index in [0.29, 0.717) is 5.56 Å². The number of benzene rings is 2. The molecule has 180 valence electrons. The van der Waals surface area contributed by atoms with Gasteiger partial charge in [-0.15, -0.1) is 0 Å². The highest BCUT2D eigenvalue weighted by Gasteiger charge is 2.47. The van der Waals surface area contributed by atoms with Gasteiger partial charge in [-0.3, -0.25) is 14.3 Å². The van der Waals surface area contributed by atoms with Gasteiger partial charge in [0.05, 0.1) is 18.0 Å². The molecule has 35 heavy (non-hydrogen) atoms. The van der Waals surface area contributed by atoms with Crippen LogP contribution in [0.25, 0.3) is 11.2 Å². The molecule has 0 amide bonds. The monoisotopic (exact) mass is 473 g/mol. The summed E-state index contributed by atoms with van der Waals surface area (Å²) >= 11 is 0. The number of anilines is 1. The van der Waals surface area contributed by atoms with Gasteiger partial charge >= 0.3 is 5.97 Å². The number of ether oxygens (including phenoxy) is 2. The number of nitrogens with zero attached hydrogens (tertiary/aromatic N) is 3. The molecule has 2 aromatic heterocycles. The molecule has 3 heterocycles. The summed E-state index contributed by atoms with van der Waals surface area (Å²) in [5.41, 5.74) is 7.47. The number of nitrogens with two attached hydrogens (primary N) is 1. The van der Waals surface area contributed by atoms with Crippen LogP contribution in [0, 0.1) is 5.92 Å². The van der Waals surface area contributed by atoms with E-state index in [1.54, 1.807) is 28.8 Å². The summed E-state index contributed by atoms with van der Waals surface area (Å²) in [7, 11) is 0. The van der Waals surface area contributed by atoms with Crippen LogP contribution in [0.2, 0.25) is 0 Å². The Morgan fingerprint density at radius 1 is 1.14 bits per heavy atom. The number of esters is 1. The smallest absolute Gasteiger partial charge is 0.338 e. The minimum absolute atomic E-state index is 0.0206. The minimum Gasteiger partial charge on any atom is -0.454 e. The van der Waals surface area contributed by atoms with Crippen molar-refractivity contribution in [3.63, 3.8) is 0 Å². The number of carbonyl (C=O) groups excluding carboxylic acids is 1. The number of rotatable bonds is 7. The zero-order chi connectivity index (χ0) is 24.4. The second kappa shape index (κ2) is 9.71. The van der Waals surface area contributed by atoms with Gasteiger partial charge in [0.15, 0.2) is 23.5 Å². The molecule has 0 spiro atoms. The number of hydrogen-bond donors (Lipinski definition) is 2. The van der Waals surface area contributed by atoms with Crippen molar-refractivity contribution in [2.24, 2.45) is 5.92 Å². The van der Waals surface area contributed by atoms with Gasteiger partial charge in [0.25, 0.3) is 5.56 Å². The number of nitrogens with one attached hydrogen (secondary N) is 1. The Morgan fingerprint density at radius 2 is 1.86 bits per heavy atom. The second-order valence-corrected chi connectivity index (χ2v) is 8.67. The number of H-pyrrole nitrogens is 1. The van der Waals surface area contributed by atoms with Crippen LogP contribution in [-0.2, 0) is 15.9 Å². The molecule has 9 nitrogen and oxygen atoms in total. The van der Waals surface area contributed by atoms with E-state index in [1.807, 2.05) is 31.2 Å². The maximum atomic E-state index is 13.1. The number of imidazole rings is 1. The van der Waals surface area contributed by atoms with Gasteiger partial charge in [-0.25, -0.2) is 9.78 Å². The quantitative estimate of drug-likeness (QED) is 0.394. The molecule has 0 bridgehead atoms. The highest BCUT2D eigenvalue weighted by atomic mass is 16.6. The molecule has 4 aromatic rings. The zero-order valence-electron chi connectivity index (χ0n) is 19.3. The van der Waals surface area contributed by atoms with Crippen molar-refractivity contribution in [2.45, 2.75) is 44.6 Å². The Bertz CT molecular complexity index is 1370. The van der Waals surface area contributed by atoms with E-state index in [1.165, 1.54) is 11.9 Å². The van der Waals surface area contributed by atoms with Crippen molar-refractivity contribution in [1.82, 2.24) is 19.5 Å². The van der Waals surface area contributed by atoms with Crippen LogP contribution in [0.15, 0.2) is 71.8 Å². The summed E-state index contributed by atoms with van der Waals surface area (Å²) in [5.74, 6) is -0.525. The predicted molar refractivity (Wildman–Crippen MR) is 131 cm³/mol. The zero-order valence-corrected chi connectivity index (χ0v) is 19.3. The Morgan fingerprint density at radius 3 is 2.57 bits per heavy atom. The molecular weight excluding hydrogens is 446 g/mol. The van der Waals surface area contributed by atoms with Gasteiger partial charge in [0.1, 0.15) is 0 Å². The lowest BCUT2D eigenvalue weighted by Crippen LogP contribution is -2.32. The van der Waals surface area contributed by atoms with Gasteiger partial charge in [-0.1, -0.05) is 55.5 Å². The van der Waals surface area contributed by atoms with Crippen molar-refractivity contribution in [3.8, 4) is 0 Å². The third-order valence-corrected chi connectivity index (χ3v) is 6.48. The normalized spacial score (nSPS) is 21.9. The predicted octanol–water partition coefficient (Wildman–Crippen LogP) is 3.48. The van der Waals surface area contributed by atoms with E-state index in [-0.39, 0.29) is 29.1 Å². The first-order valence-corrected chi connectivity index (χ1v) is 11.7. The molecule has 1 unspecified atom stereocenters. The summed E-state index contributed by atoms with van der Waals surface area (Å²) in [6, 6.07) is 19.1. The fraction of sp³-hybridized carbons (Fsp3) is 0.308. The summed E-state index contributed by atoms with van der Waals surface area (Å²) in [5, 5.41) is 0. The fourth-order valence-electron chi connectivity index (χ4n) is 4.77. The molecule has 1 aliphatic heterocycles. The summed E-state index contributed by atoms with van der Waals surface area (Å²) in [6.45, 7) is 2.05. The Kier molecular flexibility index (Phi) is 6.33. The molecule has 0 aliphatic carbocycles. The van der Waals surface area contributed by atoms with Crippen LogP contribution in [-0.4, -0.2) is 37.7 Å². The molecule has 0 radical (unpaired) electrons. The number of carbonyl (C=O) groups is 1. The van der Waals surface area contributed by atoms with Crippen LogP contribution in [0.4, 0.5) is 5.95 Å². The molecule has 1 fully saturated rings. The van der Waals surface area contributed by atoms with Gasteiger partial charge in [0.2, 0.25) is 5.95 Å².